The van der Waals surface area contributed by atoms with Gasteiger partial charge in [0.05, 0.1) is 21.1 Å². The summed E-state index contributed by atoms with van der Waals surface area (Å²) in [4.78, 5) is 0. The maximum Gasteiger partial charge on any atom is 0.244 e. The molecule has 8 heteroatoms. The number of hydrogen-bond acceptors (Lipinski definition) is 6. The lowest BCUT2D eigenvalue weighted by molar-refractivity contribution is 0.303. The molecule has 1 aromatic heterocycles. The Labute approximate surface area is 186 Å². The lowest BCUT2D eigenvalue weighted by Crippen LogP contribution is -2.21. The fourth-order valence-electron chi connectivity index (χ4n) is 3.46. The fourth-order valence-corrected chi connectivity index (χ4v) is 4.15. The molecule has 3 aromatic rings. The van der Waals surface area contributed by atoms with Crippen molar-refractivity contribution < 1.29 is 9.47 Å². The van der Waals surface area contributed by atoms with E-state index in [0.29, 0.717) is 22.8 Å². The summed E-state index contributed by atoms with van der Waals surface area (Å²) in [5.41, 5.74) is 10.2. The van der Waals surface area contributed by atoms with E-state index < -0.39 is 0 Å². The first-order chi connectivity index (χ1) is 14.5. The Kier molecular flexibility index (Phi) is 5.34. The number of aryl methyl sites for hydroxylation is 1. The van der Waals surface area contributed by atoms with Gasteiger partial charge >= 0.3 is 0 Å². The van der Waals surface area contributed by atoms with Gasteiger partial charge in [-0.3, -0.25) is 5.10 Å². The number of fused-ring (bicyclic) bond motifs is 1. The van der Waals surface area contributed by atoms with Gasteiger partial charge in [0.25, 0.3) is 0 Å². The number of hydrogen-bond donors (Lipinski definition) is 2. The highest BCUT2D eigenvalue weighted by atomic mass is 127. The van der Waals surface area contributed by atoms with Crippen molar-refractivity contribution in [3.63, 3.8) is 0 Å². The average Bonchev–Trinajstić information content (AvgIpc) is 3.12. The van der Waals surface area contributed by atoms with E-state index in [4.69, 9.17) is 15.2 Å². The van der Waals surface area contributed by atoms with Crippen LogP contribution in [0.4, 0.5) is 0 Å². The van der Waals surface area contributed by atoms with E-state index >= 15 is 0 Å². The maximum atomic E-state index is 9.68. The lowest BCUT2D eigenvalue weighted by Gasteiger charge is -2.24. The van der Waals surface area contributed by atoms with Crippen molar-refractivity contribution in [2.45, 2.75) is 19.4 Å². The van der Waals surface area contributed by atoms with E-state index in [1.54, 1.807) is 6.07 Å². The van der Waals surface area contributed by atoms with Gasteiger partial charge in [-0.2, -0.15) is 10.5 Å². The molecule has 1 aliphatic heterocycles. The minimum atomic E-state index is -0.376. The molecule has 0 fully saturated rings. The van der Waals surface area contributed by atoms with E-state index in [-0.39, 0.29) is 18.4 Å². The quantitative estimate of drug-likeness (QED) is 0.514. The molecule has 0 radical (unpaired) electrons. The van der Waals surface area contributed by atoms with Crippen LogP contribution in [0.5, 0.6) is 11.6 Å². The number of halogens is 1. The Hall–Kier alpha value is -3.50. The van der Waals surface area contributed by atoms with E-state index in [2.05, 4.69) is 44.9 Å². The lowest BCUT2D eigenvalue weighted by atomic mass is 9.84. The van der Waals surface area contributed by atoms with Crippen molar-refractivity contribution in [1.29, 1.82) is 10.5 Å². The third kappa shape index (κ3) is 3.46. The molecular formula is C22H16IN5O2. The number of nitrogens with one attached hydrogen (secondary N) is 1. The third-order valence-electron chi connectivity index (χ3n) is 4.94. The molecule has 0 saturated carbocycles. The van der Waals surface area contributed by atoms with Gasteiger partial charge in [0.1, 0.15) is 24.0 Å². The zero-order valence-corrected chi connectivity index (χ0v) is 18.1. The third-order valence-corrected chi connectivity index (χ3v) is 5.78. The second kappa shape index (κ2) is 8.09. The maximum absolute atomic E-state index is 9.68. The molecule has 0 spiro atoms. The Morgan fingerprint density at radius 3 is 2.77 bits per heavy atom. The Morgan fingerprint density at radius 2 is 2.03 bits per heavy atom. The van der Waals surface area contributed by atoms with Gasteiger partial charge in [-0.25, -0.2) is 0 Å². The molecule has 2 aromatic carbocycles. The van der Waals surface area contributed by atoms with E-state index in [1.165, 1.54) is 0 Å². The first-order valence-corrected chi connectivity index (χ1v) is 10.1. The summed E-state index contributed by atoms with van der Waals surface area (Å²) in [6.07, 6.45) is 0. The van der Waals surface area contributed by atoms with E-state index in [9.17, 15) is 10.5 Å². The number of benzene rings is 2. The highest BCUT2D eigenvalue weighted by molar-refractivity contribution is 14.1. The molecule has 0 bridgehead atoms. The highest BCUT2D eigenvalue weighted by Gasteiger charge is 2.34. The molecule has 0 saturated heterocycles. The molecule has 2 heterocycles. The number of nitrogens with two attached hydrogens (primary N) is 1. The van der Waals surface area contributed by atoms with Crippen LogP contribution in [-0.2, 0) is 6.61 Å². The van der Waals surface area contributed by atoms with Crippen LogP contribution in [0.25, 0.3) is 0 Å². The normalized spacial score (nSPS) is 15.0. The van der Waals surface area contributed by atoms with Crippen molar-refractivity contribution in [2.75, 3.05) is 0 Å². The van der Waals surface area contributed by atoms with Crippen LogP contribution >= 0.6 is 22.6 Å². The molecule has 0 unspecified atom stereocenters. The van der Waals surface area contributed by atoms with Crippen LogP contribution in [0.2, 0.25) is 0 Å². The summed E-state index contributed by atoms with van der Waals surface area (Å²) in [6.45, 7) is 2.17. The smallest absolute Gasteiger partial charge is 0.244 e. The van der Waals surface area contributed by atoms with Crippen LogP contribution in [0.3, 0.4) is 0 Å². The zero-order chi connectivity index (χ0) is 21.3. The summed E-state index contributed by atoms with van der Waals surface area (Å²) < 4.78 is 12.3. The van der Waals surface area contributed by atoms with Crippen molar-refractivity contribution >= 4 is 22.6 Å². The molecule has 3 N–H and O–H groups in total. The molecule has 4 rings (SSSR count). The summed E-state index contributed by atoms with van der Waals surface area (Å²) in [6, 6.07) is 17.4. The van der Waals surface area contributed by atoms with Crippen LogP contribution in [0, 0.1) is 33.2 Å². The second-order valence-electron chi connectivity index (χ2n) is 6.74. The number of aromatic amines is 1. The largest absolute Gasteiger partial charge is 0.488 e. The van der Waals surface area contributed by atoms with Crippen LogP contribution < -0.4 is 15.2 Å². The Bertz CT molecular complexity index is 1250. The van der Waals surface area contributed by atoms with Crippen molar-refractivity contribution in [1.82, 2.24) is 10.2 Å². The van der Waals surface area contributed by atoms with Crippen LogP contribution in [0.15, 0.2) is 53.9 Å². The number of ether oxygens (including phenoxy) is 2. The monoisotopic (exact) mass is 509 g/mol. The van der Waals surface area contributed by atoms with Crippen LogP contribution in [0.1, 0.15) is 33.9 Å². The average molecular weight is 509 g/mol. The molecule has 1 aliphatic rings. The molecule has 0 amide bonds. The number of nitriles is 2. The van der Waals surface area contributed by atoms with Gasteiger partial charge < -0.3 is 15.2 Å². The molecule has 7 nitrogen and oxygen atoms in total. The Balaban J connectivity index is 1.66. The van der Waals surface area contributed by atoms with Crippen molar-refractivity contribution in [3.8, 4) is 23.8 Å². The number of rotatable bonds is 4. The standard InChI is InChI=1S/C22H16IN5O2/c1-12-19-20(16(10-25)21(26)30-22(19)28-27-12)13-6-7-18(17(23)8-13)29-11-15-5-3-2-4-14(15)9-24/h2-8,20H,11,26H2,1H3,(H,27,28)/t20-/m0/s1. The predicted molar refractivity (Wildman–Crippen MR) is 117 cm³/mol. The minimum Gasteiger partial charge on any atom is -0.488 e. The van der Waals surface area contributed by atoms with Crippen molar-refractivity contribution in [3.05, 3.63) is 85.4 Å². The second-order valence-corrected chi connectivity index (χ2v) is 7.90. The van der Waals surface area contributed by atoms with Gasteiger partial charge in [-0.05, 0) is 53.3 Å². The van der Waals surface area contributed by atoms with E-state index in [1.807, 2.05) is 43.3 Å². The van der Waals surface area contributed by atoms with Crippen molar-refractivity contribution in [2.24, 2.45) is 5.73 Å². The number of aromatic nitrogens is 2. The van der Waals surface area contributed by atoms with Gasteiger partial charge in [-0.15, -0.1) is 5.10 Å². The predicted octanol–water partition coefficient (Wildman–Crippen LogP) is 3.99. The first kappa shape index (κ1) is 19.8. The molecule has 0 aliphatic carbocycles. The van der Waals surface area contributed by atoms with Gasteiger partial charge in [0.2, 0.25) is 11.8 Å². The SMILES string of the molecule is Cc1[nH]nc2c1[C@@H](c1ccc(OCc3ccccc3C#N)c(I)c1)C(C#N)=C(N)O2. The van der Waals surface area contributed by atoms with Gasteiger partial charge in [0.15, 0.2) is 0 Å². The fraction of sp³-hybridized carbons (Fsp3) is 0.136. The molecular weight excluding hydrogens is 493 g/mol. The topological polar surface area (TPSA) is 121 Å². The number of allylic oxidation sites excluding steroid dienone is 1. The van der Waals surface area contributed by atoms with Gasteiger partial charge in [0, 0.05) is 16.8 Å². The van der Waals surface area contributed by atoms with Crippen LogP contribution in [-0.4, -0.2) is 10.2 Å². The van der Waals surface area contributed by atoms with E-state index in [0.717, 1.165) is 26.0 Å². The summed E-state index contributed by atoms with van der Waals surface area (Å²) in [5, 5.41) is 26.0. The molecule has 30 heavy (non-hydrogen) atoms. The minimum absolute atomic E-state index is 0.0601. The number of H-pyrrole nitrogens is 1. The molecule has 1 atom stereocenters. The summed E-state index contributed by atoms with van der Waals surface area (Å²) >= 11 is 2.20. The number of nitrogens with zero attached hydrogens (tertiary/aromatic N) is 3. The zero-order valence-electron chi connectivity index (χ0n) is 15.9. The summed E-state index contributed by atoms with van der Waals surface area (Å²) in [7, 11) is 0. The van der Waals surface area contributed by atoms with Gasteiger partial charge in [-0.1, -0.05) is 24.3 Å². The Morgan fingerprint density at radius 1 is 1.23 bits per heavy atom. The highest BCUT2D eigenvalue weighted by Crippen LogP contribution is 2.43. The molecule has 148 valence electrons. The summed E-state index contributed by atoms with van der Waals surface area (Å²) in [5.74, 6) is 0.764. The first-order valence-electron chi connectivity index (χ1n) is 9.06.